The molecular weight excluding hydrogens is 272 g/mol. The number of aliphatic hydroxyl groups excluding tert-OH is 1. The minimum Gasteiger partial charge on any atom is -0.396 e. The van der Waals surface area contributed by atoms with E-state index in [2.05, 4.69) is 22.1 Å². The summed E-state index contributed by atoms with van der Waals surface area (Å²) >= 11 is 0. The van der Waals surface area contributed by atoms with Crippen molar-refractivity contribution in [3.63, 3.8) is 0 Å². The number of rotatable bonds is 10. The fourth-order valence-electron chi connectivity index (χ4n) is 2.56. The van der Waals surface area contributed by atoms with E-state index in [0.29, 0.717) is 6.61 Å². The lowest BCUT2D eigenvalue weighted by atomic mass is 10.1. The summed E-state index contributed by atoms with van der Waals surface area (Å²) in [5.74, 6) is 0. The second-order valence-electron chi connectivity index (χ2n) is 5.72. The van der Waals surface area contributed by atoms with Gasteiger partial charge in [-0.3, -0.25) is 9.97 Å². The SMILES string of the molecule is OCCCCCCCCCc1ccc(-c2ccccn2)nc1. The van der Waals surface area contributed by atoms with Gasteiger partial charge in [-0.1, -0.05) is 44.2 Å². The minimum absolute atomic E-state index is 0.335. The highest BCUT2D eigenvalue weighted by molar-refractivity contribution is 5.53. The van der Waals surface area contributed by atoms with Crippen LogP contribution >= 0.6 is 0 Å². The number of pyridine rings is 2. The van der Waals surface area contributed by atoms with Crippen LogP contribution < -0.4 is 0 Å². The van der Waals surface area contributed by atoms with Gasteiger partial charge in [-0.25, -0.2) is 0 Å². The Bertz CT molecular complexity index is 511. The number of nitrogens with zero attached hydrogens (tertiary/aromatic N) is 2. The number of aliphatic hydroxyl groups is 1. The van der Waals surface area contributed by atoms with Gasteiger partial charge in [0.1, 0.15) is 0 Å². The quantitative estimate of drug-likeness (QED) is 0.661. The molecule has 0 atom stereocenters. The van der Waals surface area contributed by atoms with Crippen LogP contribution in [0.4, 0.5) is 0 Å². The number of hydrogen-bond donors (Lipinski definition) is 1. The molecule has 118 valence electrons. The second-order valence-corrected chi connectivity index (χ2v) is 5.72. The monoisotopic (exact) mass is 298 g/mol. The number of aryl methyl sites for hydroxylation is 1. The lowest BCUT2D eigenvalue weighted by molar-refractivity contribution is 0.282. The standard InChI is InChI=1S/C19H26N2O/c22-15-9-5-3-1-2-4-6-10-17-12-13-19(21-16-17)18-11-7-8-14-20-18/h7-8,11-14,16,22H,1-6,9-10,15H2. The van der Waals surface area contributed by atoms with Gasteiger partial charge in [0.2, 0.25) is 0 Å². The van der Waals surface area contributed by atoms with Crippen LogP contribution in [0, 0.1) is 0 Å². The van der Waals surface area contributed by atoms with Crippen molar-refractivity contribution in [2.24, 2.45) is 0 Å². The van der Waals surface area contributed by atoms with E-state index in [0.717, 1.165) is 30.7 Å². The Labute approximate surface area is 133 Å². The minimum atomic E-state index is 0.335. The molecule has 2 aromatic heterocycles. The average molecular weight is 298 g/mol. The topological polar surface area (TPSA) is 46.0 Å². The molecule has 2 rings (SSSR count). The van der Waals surface area contributed by atoms with Crippen molar-refractivity contribution in [3.8, 4) is 11.4 Å². The summed E-state index contributed by atoms with van der Waals surface area (Å²) in [5, 5.41) is 8.72. The molecule has 0 radical (unpaired) electrons. The number of unbranched alkanes of at least 4 members (excludes halogenated alkanes) is 6. The molecule has 2 aromatic rings. The highest BCUT2D eigenvalue weighted by Gasteiger charge is 2.00. The van der Waals surface area contributed by atoms with Gasteiger partial charge in [0, 0.05) is 19.0 Å². The Balaban J connectivity index is 1.65. The predicted octanol–water partition coefficient (Wildman–Crippen LogP) is 4.41. The Morgan fingerprint density at radius 2 is 1.45 bits per heavy atom. The molecule has 0 saturated heterocycles. The van der Waals surface area contributed by atoms with E-state index < -0.39 is 0 Å². The maximum atomic E-state index is 8.72. The van der Waals surface area contributed by atoms with Gasteiger partial charge >= 0.3 is 0 Å². The van der Waals surface area contributed by atoms with Crippen LogP contribution in [0.5, 0.6) is 0 Å². The zero-order chi connectivity index (χ0) is 15.5. The van der Waals surface area contributed by atoms with Crippen LogP contribution in [-0.4, -0.2) is 21.7 Å². The van der Waals surface area contributed by atoms with Gasteiger partial charge in [0.15, 0.2) is 0 Å². The third kappa shape index (κ3) is 5.94. The molecule has 0 unspecified atom stereocenters. The fourth-order valence-corrected chi connectivity index (χ4v) is 2.56. The number of hydrogen-bond acceptors (Lipinski definition) is 3. The molecule has 0 bridgehead atoms. The van der Waals surface area contributed by atoms with Crippen LogP contribution in [0.15, 0.2) is 42.7 Å². The molecule has 0 aliphatic heterocycles. The first kappa shape index (κ1) is 16.6. The summed E-state index contributed by atoms with van der Waals surface area (Å²) in [4.78, 5) is 8.83. The molecule has 2 heterocycles. The molecule has 0 spiro atoms. The first-order valence-electron chi connectivity index (χ1n) is 8.37. The molecule has 0 aliphatic carbocycles. The average Bonchev–Trinajstić information content (AvgIpc) is 2.59. The van der Waals surface area contributed by atoms with Crippen molar-refractivity contribution >= 4 is 0 Å². The zero-order valence-electron chi connectivity index (χ0n) is 13.2. The molecule has 3 heteroatoms. The molecule has 0 saturated carbocycles. The summed E-state index contributed by atoms with van der Waals surface area (Å²) in [7, 11) is 0. The molecule has 0 aromatic carbocycles. The van der Waals surface area contributed by atoms with Gasteiger partial charge in [0.05, 0.1) is 11.4 Å². The smallest absolute Gasteiger partial charge is 0.0886 e. The van der Waals surface area contributed by atoms with E-state index in [-0.39, 0.29) is 0 Å². The Morgan fingerprint density at radius 3 is 2.09 bits per heavy atom. The highest BCUT2D eigenvalue weighted by Crippen LogP contribution is 2.15. The van der Waals surface area contributed by atoms with Gasteiger partial charge < -0.3 is 5.11 Å². The summed E-state index contributed by atoms with van der Waals surface area (Å²) in [6, 6.07) is 10.1. The van der Waals surface area contributed by atoms with E-state index in [9.17, 15) is 0 Å². The van der Waals surface area contributed by atoms with Crippen LogP contribution in [0.2, 0.25) is 0 Å². The zero-order valence-corrected chi connectivity index (χ0v) is 13.2. The van der Waals surface area contributed by atoms with Crippen molar-refractivity contribution in [3.05, 3.63) is 48.3 Å². The van der Waals surface area contributed by atoms with Gasteiger partial charge in [-0.2, -0.15) is 0 Å². The Kier molecular flexibility index (Phi) is 7.61. The third-order valence-corrected chi connectivity index (χ3v) is 3.88. The van der Waals surface area contributed by atoms with E-state index in [1.807, 2.05) is 24.4 Å². The third-order valence-electron chi connectivity index (χ3n) is 3.88. The molecule has 0 amide bonds. The molecule has 1 N–H and O–H groups in total. The summed E-state index contributed by atoms with van der Waals surface area (Å²) < 4.78 is 0. The van der Waals surface area contributed by atoms with Crippen LogP contribution in [0.25, 0.3) is 11.4 Å². The van der Waals surface area contributed by atoms with Crippen LogP contribution in [-0.2, 0) is 6.42 Å². The fraction of sp³-hybridized carbons (Fsp3) is 0.474. The van der Waals surface area contributed by atoms with Crippen molar-refractivity contribution in [2.75, 3.05) is 6.61 Å². The van der Waals surface area contributed by atoms with Gasteiger partial charge in [0.25, 0.3) is 0 Å². The predicted molar refractivity (Wildman–Crippen MR) is 90.6 cm³/mol. The summed E-state index contributed by atoms with van der Waals surface area (Å²) in [6.07, 6.45) is 13.3. The molecule has 22 heavy (non-hydrogen) atoms. The summed E-state index contributed by atoms with van der Waals surface area (Å²) in [5.41, 5.74) is 3.17. The van der Waals surface area contributed by atoms with E-state index in [1.54, 1.807) is 6.20 Å². The second kappa shape index (κ2) is 10.1. The maximum absolute atomic E-state index is 8.72. The normalized spacial score (nSPS) is 10.8. The van der Waals surface area contributed by atoms with Crippen molar-refractivity contribution < 1.29 is 5.11 Å². The van der Waals surface area contributed by atoms with E-state index in [1.165, 1.54) is 37.7 Å². The van der Waals surface area contributed by atoms with Crippen LogP contribution in [0.1, 0.15) is 50.5 Å². The van der Waals surface area contributed by atoms with E-state index >= 15 is 0 Å². The van der Waals surface area contributed by atoms with Crippen molar-refractivity contribution in [1.82, 2.24) is 9.97 Å². The lowest BCUT2D eigenvalue weighted by Crippen LogP contribution is -1.91. The number of aromatic nitrogens is 2. The Morgan fingerprint density at radius 1 is 0.727 bits per heavy atom. The lowest BCUT2D eigenvalue weighted by Gasteiger charge is -2.04. The first-order chi connectivity index (χ1) is 10.9. The highest BCUT2D eigenvalue weighted by atomic mass is 16.2. The Hall–Kier alpha value is -1.74. The molecule has 3 nitrogen and oxygen atoms in total. The molecule has 0 aliphatic rings. The van der Waals surface area contributed by atoms with Crippen molar-refractivity contribution in [2.45, 2.75) is 51.4 Å². The molecule has 0 fully saturated rings. The first-order valence-corrected chi connectivity index (χ1v) is 8.37. The van der Waals surface area contributed by atoms with Gasteiger partial charge in [-0.05, 0) is 43.0 Å². The van der Waals surface area contributed by atoms with Crippen molar-refractivity contribution in [1.29, 1.82) is 0 Å². The molecular formula is C19H26N2O. The summed E-state index contributed by atoms with van der Waals surface area (Å²) in [6.45, 7) is 0.335. The van der Waals surface area contributed by atoms with E-state index in [4.69, 9.17) is 5.11 Å². The van der Waals surface area contributed by atoms with Gasteiger partial charge in [-0.15, -0.1) is 0 Å². The largest absolute Gasteiger partial charge is 0.396 e. The van der Waals surface area contributed by atoms with Crippen LogP contribution in [0.3, 0.4) is 0 Å². The maximum Gasteiger partial charge on any atom is 0.0886 e.